The summed E-state index contributed by atoms with van der Waals surface area (Å²) in [6.45, 7) is 8.06. The second-order valence-corrected chi connectivity index (χ2v) is 5.24. The highest BCUT2D eigenvalue weighted by atomic mass is 16.3. The van der Waals surface area contributed by atoms with Gasteiger partial charge in [-0.15, -0.1) is 0 Å². The van der Waals surface area contributed by atoms with Crippen molar-refractivity contribution in [1.29, 1.82) is 0 Å². The Morgan fingerprint density at radius 2 is 1.82 bits per heavy atom. The summed E-state index contributed by atoms with van der Waals surface area (Å²) in [4.78, 5) is 11.0. The van der Waals surface area contributed by atoms with Crippen LogP contribution in [0.5, 0.6) is 5.88 Å². The molecule has 2 heterocycles. The van der Waals surface area contributed by atoms with Crippen LogP contribution >= 0.6 is 0 Å². The van der Waals surface area contributed by atoms with E-state index >= 15 is 0 Å². The Balaban J connectivity index is 1.98. The van der Waals surface area contributed by atoms with Crippen LogP contribution in [0.2, 0.25) is 0 Å². The monoisotopic (exact) mass is 296 g/mol. The highest BCUT2D eigenvalue weighted by Gasteiger charge is 2.09. The number of imidazole rings is 1. The van der Waals surface area contributed by atoms with E-state index in [1.165, 1.54) is 5.69 Å². The molecule has 1 aromatic carbocycles. The normalized spacial score (nSPS) is 11.0. The lowest BCUT2D eigenvalue weighted by atomic mass is 10.1. The van der Waals surface area contributed by atoms with Crippen molar-refractivity contribution in [3.63, 3.8) is 0 Å². The first kappa shape index (κ1) is 14.4. The Kier molecular flexibility index (Phi) is 3.71. The second-order valence-electron chi connectivity index (χ2n) is 5.24. The maximum Gasteiger partial charge on any atom is 0.219 e. The van der Waals surface area contributed by atoms with Crippen LogP contribution in [0.25, 0.3) is 16.9 Å². The van der Waals surface area contributed by atoms with Crippen LogP contribution in [-0.4, -0.2) is 32.6 Å². The number of aryl methyl sites for hydroxylation is 1. The fraction of sp³-hybridized carbons (Fsp3) is 0.294. The first-order valence-corrected chi connectivity index (χ1v) is 7.53. The third-order valence-electron chi connectivity index (χ3n) is 3.94. The molecule has 0 saturated carbocycles. The zero-order valence-corrected chi connectivity index (χ0v) is 13.1. The van der Waals surface area contributed by atoms with Crippen molar-refractivity contribution in [2.75, 3.05) is 18.0 Å². The van der Waals surface area contributed by atoms with Crippen LogP contribution in [0.4, 0.5) is 5.69 Å². The highest BCUT2D eigenvalue weighted by molar-refractivity contribution is 5.64. The molecule has 3 rings (SSSR count). The molecule has 3 aromatic rings. The number of rotatable bonds is 4. The Labute approximate surface area is 129 Å². The lowest BCUT2D eigenvalue weighted by Crippen LogP contribution is -2.21. The maximum atomic E-state index is 10.0. The molecule has 114 valence electrons. The van der Waals surface area contributed by atoms with E-state index in [2.05, 4.69) is 53.0 Å². The van der Waals surface area contributed by atoms with Crippen LogP contribution in [0, 0.1) is 6.92 Å². The average Bonchev–Trinajstić information content (AvgIpc) is 2.84. The number of benzene rings is 1. The third-order valence-corrected chi connectivity index (χ3v) is 3.94. The van der Waals surface area contributed by atoms with Crippen molar-refractivity contribution < 1.29 is 5.11 Å². The number of hydrogen-bond donors (Lipinski definition) is 1. The van der Waals surface area contributed by atoms with Crippen LogP contribution in [0.1, 0.15) is 19.5 Å². The van der Waals surface area contributed by atoms with Crippen molar-refractivity contribution in [1.82, 2.24) is 14.4 Å². The van der Waals surface area contributed by atoms with Gasteiger partial charge in [-0.2, -0.15) is 0 Å². The fourth-order valence-corrected chi connectivity index (χ4v) is 2.64. The Morgan fingerprint density at radius 3 is 2.45 bits per heavy atom. The van der Waals surface area contributed by atoms with E-state index in [0.29, 0.717) is 11.3 Å². The van der Waals surface area contributed by atoms with Gasteiger partial charge in [0.1, 0.15) is 5.69 Å². The summed E-state index contributed by atoms with van der Waals surface area (Å²) in [7, 11) is 0. The van der Waals surface area contributed by atoms with Gasteiger partial charge in [0.25, 0.3) is 0 Å². The van der Waals surface area contributed by atoms with Gasteiger partial charge >= 0.3 is 0 Å². The molecule has 0 aliphatic carbocycles. The molecule has 0 radical (unpaired) electrons. The molecule has 0 atom stereocenters. The summed E-state index contributed by atoms with van der Waals surface area (Å²) < 4.78 is 1.66. The van der Waals surface area contributed by atoms with E-state index in [1.807, 2.05) is 6.20 Å². The van der Waals surface area contributed by atoms with Gasteiger partial charge in [-0.05, 0) is 32.9 Å². The minimum atomic E-state index is 0.165. The van der Waals surface area contributed by atoms with Crippen molar-refractivity contribution in [3.05, 3.63) is 42.4 Å². The minimum absolute atomic E-state index is 0.165. The van der Waals surface area contributed by atoms with Gasteiger partial charge in [-0.1, -0.05) is 12.1 Å². The summed E-state index contributed by atoms with van der Waals surface area (Å²) in [6.07, 6.45) is 3.50. The van der Waals surface area contributed by atoms with Crippen LogP contribution in [0.15, 0.2) is 36.7 Å². The van der Waals surface area contributed by atoms with E-state index < -0.39 is 0 Å². The summed E-state index contributed by atoms with van der Waals surface area (Å²) in [6, 6.07) is 8.33. The molecule has 0 amide bonds. The van der Waals surface area contributed by atoms with Gasteiger partial charge in [0.2, 0.25) is 5.88 Å². The smallest absolute Gasteiger partial charge is 0.219 e. The standard InChI is InChI=1S/C17H20N4O/c1-4-20(5-2)14-8-6-13(7-9-14)15-11-21-16(10-18-15)19-12(3)17(21)22/h6-11,22H,4-5H2,1-3H3. The molecule has 0 bridgehead atoms. The fourth-order valence-electron chi connectivity index (χ4n) is 2.64. The van der Waals surface area contributed by atoms with Crippen molar-refractivity contribution in [3.8, 4) is 17.1 Å². The first-order chi connectivity index (χ1) is 10.6. The molecule has 0 spiro atoms. The number of aromatic nitrogens is 3. The van der Waals surface area contributed by atoms with E-state index in [0.717, 1.165) is 24.3 Å². The molecule has 0 unspecified atom stereocenters. The SMILES string of the molecule is CCN(CC)c1ccc(-c2cn3c(O)c(C)nc3cn2)cc1. The average molecular weight is 296 g/mol. The summed E-state index contributed by atoms with van der Waals surface area (Å²) in [5.41, 5.74) is 4.29. The third kappa shape index (κ3) is 2.39. The number of nitrogens with zero attached hydrogens (tertiary/aromatic N) is 4. The molecule has 5 nitrogen and oxygen atoms in total. The zero-order valence-electron chi connectivity index (χ0n) is 13.1. The van der Waals surface area contributed by atoms with Gasteiger partial charge in [-0.25, -0.2) is 4.98 Å². The molecule has 0 fully saturated rings. The number of fused-ring (bicyclic) bond motifs is 1. The lowest BCUT2D eigenvalue weighted by Gasteiger charge is -2.21. The molecular weight excluding hydrogens is 276 g/mol. The Hall–Kier alpha value is -2.56. The van der Waals surface area contributed by atoms with Crippen LogP contribution < -0.4 is 4.90 Å². The topological polar surface area (TPSA) is 53.7 Å². The molecule has 0 aliphatic rings. The van der Waals surface area contributed by atoms with E-state index in [-0.39, 0.29) is 5.88 Å². The van der Waals surface area contributed by atoms with Crippen LogP contribution in [0.3, 0.4) is 0 Å². The molecule has 1 N–H and O–H groups in total. The maximum absolute atomic E-state index is 10.0. The van der Waals surface area contributed by atoms with E-state index in [1.54, 1.807) is 17.5 Å². The number of aromatic hydroxyl groups is 1. The number of hydrogen-bond acceptors (Lipinski definition) is 4. The lowest BCUT2D eigenvalue weighted by molar-refractivity contribution is 0.444. The molecule has 5 heteroatoms. The predicted octanol–water partition coefficient (Wildman–Crippen LogP) is 3.26. The van der Waals surface area contributed by atoms with Gasteiger partial charge < -0.3 is 10.0 Å². The largest absolute Gasteiger partial charge is 0.493 e. The van der Waals surface area contributed by atoms with Gasteiger partial charge in [-0.3, -0.25) is 9.38 Å². The van der Waals surface area contributed by atoms with Crippen molar-refractivity contribution >= 4 is 11.3 Å². The van der Waals surface area contributed by atoms with Crippen molar-refractivity contribution in [2.24, 2.45) is 0 Å². The Morgan fingerprint density at radius 1 is 1.14 bits per heavy atom. The van der Waals surface area contributed by atoms with E-state index in [9.17, 15) is 5.11 Å². The van der Waals surface area contributed by atoms with Gasteiger partial charge in [0.05, 0.1) is 11.9 Å². The van der Waals surface area contributed by atoms with E-state index in [4.69, 9.17) is 0 Å². The first-order valence-electron chi connectivity index (χ1n) is 7.53. The molecule has 22 heavy (non-hydrogen) atoms. The highest BCUT2D eigenvalue weighted by Crippen LogP contribution is 2.24. The summed E-state index contributed by atoms with van der Waals surface area (Å²) >= 11 is 0. The van der Waals surface area contributed by atoms with Gasteiger partial charge in [0.15, 0.2) is 5.65 Å². The molecule has 0 saturated heterocycles. The minimum Gasteiger partial charge on any atom is -0.493 e. The van der Waals surface area contributed by atoms with Crippen LogP contribution in [-0.2, 0) is 0 Å². The quantitative estimate of drug-likeness (QED) is 0.803. The Bertz CT molecular complexity index is 788. The van der Waals surface area contributed by atoms with Crippen molar-refractivity contribution in [2.45, 2.75) is 20.8 Å². The van der Waals surface area contributed by atoms with Gasteiger partial charge in [0, 0.05) is 30.5 Å². The summed E-state index contributed by atoms with van der Waals surface area (Å²) in [5.74, 6) is 0.165. The predicted molar refractivity (Wildman–Crippen MR) is 88.4 cm³/mol. The summed E-state index contributed by atoms with van der Waals surface area (Å²) in [5, 5.41) is 10.0. The zero-order chi connectivity index (χ0) is 15.7. The molecular formula is C17H20N4O. The second kappa shape index (κ2) is 5.67. The molecule has 0 aliphatic heterocycles. The molecule has 2 aromatic heterocycles. The number of anilines is 1.